The van der Waals surface area contributed by atoms with Crippen molar-refractivity contribution in [2.24, 2.45) is 0 Å². The molecule has 0 aliphatic heterocycles. The minimum Gasteiger partial charge on any atom is -0.505 e. The molecule has 0 radical (unpaired) electrons. The zero-order chi connectivity index (χ0) is 16.8. The van der Waals surface area contributed by atoms with Gasteiger partial charge in [-0.1, -0.05) is 6.08 Å². The summed E-state index contributed by atoms with van der Waals surface area (Å²) in [7, 11) is 0. The fraction of sp³-hybridized carbons (Fsp3) is 0.294. The Bertz CT molecular complexity index is 686. The van der Waals surface area contributed by atoms with Gasteiger partial charge in [-0.25, -0.2) is 4.39 Å². The summed E-state index contributed by atoms with van der Waals surface area (Å²) in [5.74, 6) is -3.19. The predicted molar refractivity (Wildman–Crippen MR) is 83.6 cm³/mol. The van der Waals surface area contributed by atoms with Crippen molar-refractivity contribution >= 4 is 6.08 Å². The first-order chi connectivity index (χ1) is 11.0. The van der Waals surface area contributed by atoms with Crippen molar-refractivity contribution < 1.29 is 19.0 Å². The van der Waals surface area contributed by atoms with Gasteiger partial charge < -0.3 is 10.2 Å². The number of phenols is 1. The van der Waals surface area contributed by atoms with Gasteiger partial charge >= 0.3 is 0 Å². The molecule has 2 N–H and O–H groups in total. The SMILES string of the molecule is CC(O)CCC/C=C/c1ccc(-c2ccc(O)c(F)c2F)nn1. The van der Waals surface area contributed by atoms with Gasteiger partial charge in [0.05, 0.1) is 17.5 Å². The predicted octanol–water partition coefficient (Wildman–Crippen LogP) is 3.69. The molecule has 6 heteroatoms. The number of aliphatic hydroxyl groups excluding tert-OH is 1. The Morgan fingerprint density at radius 1 is 1.13 bits per heavy atom. The maximum Gasteiger partial charge on any atom is 0.201 e. The van der Waals surface area contributed by atoms with Crippen LogP contribution in [0.4, 0.5) is 8.78 Å². The number of halogens is 2. The lowest BCUT2D eigenvalue weighted by atomic mass is 10.1. The van der Waals surface area contributed by atoms with E-state index in [1.54, 1.807) is 19.1 Å². The zero-order valence-corrected chi connectivity index (χ0v) is 12.7. The van der Waals surface area contributed by atoms with E-state index in [1.165, 1.54) is 12.1 Å². The van der Waals surface area contributed by atoms with Crippen LogP contribution in [0.15, 0.2) is 30.3 Å². The van der Waals surface area contributed by atoms with Crippen molar-refractivity contribution in [3.05, 3.63) is 47.7 Å². The van der Waals surface area contributed by atoms with Crippen LogP contribution in [0, 0.1) is 11.6 Å². The molecule has 0 aliphatic rings. The van der Waals surface area contributed by atoms with Crippen molar-refractivity contribution in [1.29, 1.82) is 0 Å². The number of allylic oxidation sites excluding steroid dienone is 1. The van der Waals surface area contributed by atoms with Crippen molar-refractivity contribution in [3.8, 4) is 17.0 Å². The average molecular weight is 320 g/mol. The largest absolute Gasteiger partial charge is 0.505 e. The molecule has 2 rings (SSSR count). The lowest BCUT2D eigenvalue weighted by molar-refractivity contribution is 0.182. The van der Waals surface area contributed by atoms with Crippen LogP contribution >= 0.6 is 0 Å². The smallest absolute Gasteiger partial charge is 0.201 e. The van der Waals surface area contributed by atoms with Gasteiger partial charge in [0.2, 0.25) is 5.82 Å². The van der Waals surface area contributed by atoms with Crippen LogP contribution in [0.3, 0.4) is 0 Å². The van der Waals surface area contributed by atoms with Crippen LogP contribution in [0.25, 0.3) is 17.3 Å². The van der Waals surface area contributed by atoms with E-state index >= 15 is 0 Å². The molecule has 0 fully saturated rings. The molecule has 122 valence electrons. The van der Waals surface area contributed by atoms with Crippen LogP contribution in [0.1, 0.15) is 31.9 Å². The van der Waals surface area contributed by atoms with E-state index in [-0.39, 0.29) is 17.4 Å². The first kappa shape index (κ1) is 17.0. The fourth-order valence-corrected chi connectivity index (χ4v) is 2.05. The maximum atomic E-state index is 13.8. The molecule has 0 amide bonds. The second-order valence-corrected chi connectivity index (χ2v) is 5.29. The highest BCUT2D eigenvalue weighted by atomic mass is 19.2. The minimum absolute atomic E-state index is 0.0553. The monoisotopic (exact) mass is 320 g/mol. The summed E-state index contributed by atoms with van der Waals surface area (Å²) in [5, 5.41) is 26.1. The zero-order valence-electron chi connectivity index (χ0n) is 12.7. The van der Waals surface area contributed by atoms with E-state index in [4.69, 9.17) is 10.2 Å². The quantitative estimate of drug-likeness (QED) is 0.797. The molecule has 0 spiro atoms. The number of phenolic OH excluding ortho intramolecular Hbond substituents is 1. The maximum absolute atomic E-state index is 13.8. The molecular formula is C17H18F2N2O2. The highest BCUT2D eigenvalue weighted by molar-refractivity contribution is 5.61. The lowest BCUT2D eigenvalue weighted by Gasteiger charge is -2.04. The van der Waals surface area contributed by atoms with Gasteiger partial charge in [0.25, 0.3) is 0 Å². The van der Waals surface area contributed by atoms with Crippen LogP contribution < -0.4 is 0 Å². The third-order valence-corrected chi connectivity index (χ3v) is 3.30. The molecule has 23 heavy (non-hydrogen) atoms. The third-order valence-electron chi connectivity index (χ3n) is 3.30. The second-order valence-electron chi connectivity index (χ2n) is 5.29. The molecule has 0 saturated carbocycles. The standard InChI is InChI=1S/C17H18F2N2O2/c1-11(22)5-3-2-4-6-12-7-9-14(21-20-12)13-8-10-15(23)17(19)16(13)18/h4,6-11,22-23H,2-3,5H2,1H3/b6-4+. The summed E-state index contributed by atoms with van der Waals surface area (Å²) in [6.45, 7) is 1.75. The summed E-state index contributed by atoms with van der Waals surface area (Å²) < 4.78 is 27.1. The van der Waals surface area contributed by atoms with Gasteiger partial charge in [-0.05, 0) is 56.5 Å². The Hall–Kier alpha value is -2.34. The Labute approximate surface area is 133 Å². The molecule has 0 aliphatic carbocycles. The van der Waals surface area contributed by atoms with E-state index in [9.17, 15) is 8.78 Å². The van der Waals surface area contributed by atoms with E-state index in [1.807, 2.05) is 6.08 Å². The van der Waals surface area contributed by atoms with Gasteiger partial charge in [0, 0.05) is 5.56 Å². The lowest BCUT2D eigenvalue weighted by Crippen LogP contribution is -1.97. The molecule has 2 aromatic rings. The van der Waals surface area contributed by atoms with Crippen molar-refractivity contribution in [2.75, 3.05) is 0 Å². The summed E-state index contributed by atoms with van der Waals surface area (Å²) in [4.78, 5) is 0. The van der Waals surface area contributed by atoms with Crippen LogP contribution in [-0.2, 0) is 0 Å². The fourth-order valence-electron chi connectivity index (χ4n) is 2.05. The normalized spacial score (nSPS) is 12.7. The molecule has 4 nitrogen and oxygen atoms in total. The number of aromatic hydroxyl groups is 1. The molecule has 0 bridgehead atoms. The summed E-state index contributed by atoms with van der Waals surface area (Å²) in [6, 6.07) is 5.52. The van der Waals surface area contributed by atoms with Crippen molar-refractivity contribution in [2.45, 2.75) is 32.3 Å². The number of hydrogen-bond acceptors (Lipinski definition) is 4. The molecule has 1 aromatic carbocycles. The average Bonchev–Trinajstić information content (AvgIpc) is 2.53. The van der Waals surface area contributed by atoms with E-state index < -0.39 is 17.4 Å². The van der Waals surface area contributed by atoms with Crippen molar-refractivity contribution in [3.63, 3.8) is 0 Å². The van der Waals surface area contributed by atoms with Crippen molar-refractivity contribution in [1.82, 2.24) is 10.2 Å². The molecule has 1 heterocycles. The Kier molecular flexibility index (Phi) is 5.76. The summed E-state index contributed by atoms with van der Waals surface area (Å²) in [6.07, 6.45) is 5.83. The van der Waals surface area contributed by atoms with E-state index in [0.717, 1.165) is 25.3 Å². The number of rotatable bonds is 6. The van der Waals surface area contributed by atoms with Crippen LogP contribution in [0.2, 0.25) is 0 Å². The molecule has 1 atom stereocenters. The van der Waals surface area contributed by atoms with Gasteiger partial charge in [-0.2, -0.15) is 9.49 Å². The number of nitrogens with zero attached hydrogens (tertiary/aromatic N) is 2. The Morgan fingerprint density at radius 2 is 1.91 bits per heavy atom. The van der Waals surface area contributed by atoms with Gasteiger partial charge in [-0.3, -0.25) is 0 Å². The van der Waals surface area contributed by atoms with Gasteiger partial charge in [-0.15, -0.1) is 5.10 Å². The van der Waals surface area contributed by atoms with E-state index in [0.29, 0.717) is 5.69 Å². The van der Waals surface area contributed by atoms with Crippen LogP contribution in [0.5, 0.6) is 5.75 Å². The number of aliphatic hydroxyl groups is 1. The molecule has 1 aromatic heterocycles. The number of benzene rings is 1. The topological polar surface area (TPSA) is 66.2 Å². The number of hydrogen-bond donors (Lipinski definition) is 2. The summed E-state index contributed by atoms with van der Waals surface area (Å²) >= 11 is 0. The van der Waals surface area contributed by atoms with Crippen LogP contribution in [-0.4, -0.2) is 26.5 Å². The summed E-state index contributed by atoms with van der Waals surface area (Å²) in [5.41, 5.74) is 0.735. The highest BCUT2D eigenvalue weighted by Crippen LogP contribution is 2.27. The van der Waals surface area contributed by atoms with Gasteiger partial charge in [0.15, 0.2) is 11.6 Å². The molecular weight excluding hydrogens is 302 g/mol. The van der Waals surface area contributed by atoms with Gasteiger partial charge in [0.1, 0.15) is 0 Å². The highest BCUT2D eigenvalue weighted by Gasteiger charge is 2.15. The Morgan fingerprint density at radius 3 is 2.57 bits per heavy atom. The second kappa shape index (κ2) is 7.78. The third kappa shape index (κ3) is 4.56. The Balaban J connectivity index is 2.05. The molecule has 0 saturated heterocycles. The number of unbranched alkanes of at least 4 members (excludes halogenated alkanes) is 1. The minimum atomic E-state index is -1.30. The molecule has 1 unspecified atom stereocenters. The first-order valence-electron chi connectivity index (χ1n) is 7.34. The number of aromatic nitrogens is 2. The first-order valence-corrected chi connectivity index (χ1v) is 7.34. The van der Waals surface area contributed by atoms with E-state index in [2.05, 4.69) is 10.2 Å².